The zero-order chi connectivity index (χ0) is 15.1. The number of hydrogen-bond donors (Lipinski definition) is 3. The summed E-state index contributed by atoms with van der Waals surface area (Å²) >= 11 is 0. The average molecular weight is 301 g/mol. The van der Waals surface area contributed by atoms with Crippen LogP contribution in [0.2, 0.25) is 0 Å². The summed E-state index contributed by atoms with van der Waals surface area (Å²) in [6.07, 6.45) is 5.48. The predicted molar refractivity (Wildman–Crippen MR) is 76.7 cm³/mol. The van der Waals surface area contributed by atoms with E-state index in [-0.39, 0.29) is 12.8 Å². The summed E-state index contributed by atoms with van der Waals surface area (Å²) in [6, 6.07) is 1.91. The SMILES string of the molecule is OC[C@H]1O[C@@H](n2ccc3c(-c4cnc[nH]4)ncnc32)C[C@@H]1O. The van der Waals surface area contributed by atoms with Crippen molar-refractivity contribution < 1.29 is 14.9 Å². The lowest BCUT2D eigenvalue weighted by Crippen LogP contribution is -2.24. The largest absolute Gasteiger partial charge is 0.394 e. The molecule has 3 aromatic heterocycles. The van der Waals surface area contributed by atoms with E-state index in [0.29, 0.717) is 6.42 Å². The molecule has 1 aliphatic heterocycles. The first-order chi connectivity index (χ1) is 10.8. The van der Waals surface area contributed by atoms with E-state index in [2.05, 4.69) is 19.9 Å². The average Bonchev–Trinajstić information content (AvgIpc) is 3.25. The molecule has 8 nitrogen and oxygen atoms in total. The Balaban J connectivity index is 1.77. The molecule has 0 aromatic carbocycles. The van der Waals surface area contributed by atoms with Crippen molar-refractivity contribution in [3.63, 3.8) is 0 Å². The number of hydrogen-bond acceptors (Lipinski definition) is 6. The van der Waals surface area contributed by atoms with Gasteiger partial charge in [-0.05, 0) is 6.07 Å². The molecule has 0 bridgehead atoms. The zero-order valence-corrected chi connectivity index (χ0v) is 11.6. The molecule has 0 saturated carbocycles. The number of H-pyrrole nitrogens is 1. The number of ether oxygens (including phenoxy) is 1. The lowest BCUT2D eigenvalue weighted by Gasteiger charge is -2.14. The normalized spacial score (nSPS) is 25.1. The van der Waals surface area contributed by atoms with Crippen molar-refractivity contribution in [1.82, 2.24) is 24.5 Å². The number of aliphatic hydroxyl groups excluding tert-OH is 2. The van der Waals surface area contributed by atoms with Crippen LogP contribution >= 0.6 is 0 Å². The molecule has 1 saturated heterocycles. The number of imidazole rings is 1. The van der Waals surface area contributed by atoms with Gasteiger partial charge in [-0.1, -0.05) is 0 Å². The molecular formula is C14H15N5O3. The molecule has 0 radical (unpaired) electrons. The van der Waals surface area contributed by atoms with E-state index < -0.39 is 12.2 Å². The molecule has 114 valence electrons. The summed E-state index contributed by atoms with van der Waals surface area (Å²) in [6.45, 7) is -0.203. The van der Waals surface area contributed by atoms with Gasteiger partial charge in [-0.2, -0.15) is 0 Å². The Bertz CT molecular complexity index is 785. The molecule has 22 heavy (non-hydrogen) atoms. The van der Waals surface area contributed by atoms with Gasteiger partial charge < -0.3 is 24.5 Å². The molecule has 1 fully saturated rings. The van der Waals surface area contributed by atoms with Gasteiger partial charge in [-0.25, -0.2) is 15.0 Å². The molecule has 3 atom stereocenters. The number of nitrogens with zero attached hydrogens (tertiary/aromatic N) is 4. The zero-order valence-electron chi connectivity index (χ0n) is 11.6. The van der Waals surface area contributed by atoms with E-state index >= 15 is 0 Å². The fourth-order valence-electron chi connectivity index (χ4n) is 2.85. The van der Waals surface area contributed by atoms with Crippen molar-refractivity contribution in [2.24, 2.45) is 0 Å². The standard InChI is InChI=1S/C14H15N5O3/c20-5-11-10(21)3-12(22-11)19-2-1-8-13(9-4-15-6-16-9)17-7-18-14(8)19/h1-2,4,6-7,10-12,20-21H,3,5H2,(H,15,16)/t10-,11+,12+/m0/s1. The Labute approximate surface area is 125 Å². The van der Waals surface area contributed by atoms with E-state index in [1.54, 1.807) is 12.5 Å². The molecule has 4 heterocycles. The van der Waals surface area contributed by atoms with Crippen molar-refractivity contribution in [2.45, 2.75) is 24.9 Å². The Hall–Kier alpha value is -2.29. The topological polar surface area (TPSA) is 109 Å². The van der Waals surface area contributed by atoms with Crippen LogP contribution in [-0.2, 0) is 4.74 Å². The van der Waals surface area contributed by atoms with Crippen LogP contribution in [0.3, 0.4) is 0 Å². The maximum atomic E-state index is 9.89. The fourth-order valence-corrected chi connectivity index (χ4v) is 2.85. The number of aromatic nitrogens is 5. The van der Waals surface area contributed by atoms with Gasteiger partial charge in [0.2, 0.25) is 0 Å². The van der Waals surface area contributed by atoms with E-state index in [9.17, 15) is 10.2 Å². The van der Waals surface area contributed by atoms with Crippen LogP contribution in [0.1, 0.15) is 12.6 Å². The van der Waals surface area contributed by atoms with Gasteiger partial charge in [0.1, 0.15) is 30.0 Å². The van der Waals surface area contributed by atoms with Crippen molar-refractivity contribution in [2.75, 3.05) is 6.61 Å². The van der Waals surface area contributed by atoms with Crippen molar-refractivity contribution in [3.05, 3.63) is 31.1 Å². The van der Waals surface area contributed by atoms with Gasteiger partial charge in [0, 0.05) is 18.0 Å². The van der Waals surface area contributed by atoms with Crippen LogP contribution in [0.5, 0.6) is 0 Å². The van der Waals surface area contributed by atoms with Crippen LogP contribution in [0.4, 0.5) is 0 Å². The molecular weight excluding hydrogens is 286 g/mol. The van der Waals surface area contributed by atoms with Gasteiger partial charge in [0.15, 0.2) is 0 Å². The molecule has 0 spiro atoms. The van der Waals surface area contributed by atoms with Crippen LogP contribution in [0.15, 0.2) is 31.1 Å². The molecule has 0 aliphatic carbocycles. The van der Waals surface area contributed by atoms with Gasteiger partial charge in [-0.3, -0.25) is 0 Å². The number of fused-ring (bicyclic) bond motifs is 1. The number of aliphatic hydroxyl groups is 2. The van der Waals surface area contributed by atoms with Crippen molar-refractivity contribution >= 4 is 11.0 Å². The van der Waals surface area contributed by atoms with Crippen LogP contribution in [-0.4, -0.2) is 53.5 Å². The summed E-state index contributed by atoms with van der Waals surface area (Å²) in [5, 5.41) is 20.0. The molecule has 0 amide bonds. The van der Waals surface area contributed by atoms with Gasteiger partial charge in [-0.15, -0.1) is 0 Å². The van der Waals surface area contributed by atoms with Crippen LogP contribution < -0.4 is 0 Å². The van der Waals surface area contributed by atoms with Gasteiger partial charge >= 0.3 is 0 Å². The lowest BCUT2D eigenvalue weighted by atomic mass is 10.2. The fraction of sp³-hybridized carbons (Fsp3) is 0.357. The first kappa shape index (κ1) is 13.4. The summed E-state index contributed by atoms with van der Waals surface area (Å²) < 4.78 is 7.55. The van der Waals surface area contributed by atoms with Crippen LogP contribution in [0, 0.1) is 0 Å². The van der Waals surface area contributed by atoms with Crippen molar-refractivity contribution in [1.29, 1.82) is 0 Å². The second-order valence-electron chi connectivity index (χ2n) is 5.26. The van der Waals surface area contributed by atoms with Crippen LogP contribution in [0.25, 0.3) is 22.4 Å². The number of rotatable bonds is 3. The highest BCUT2D eigenvalue weighted by atomic mass is 16.5. The highest BCUT2D eigenvalue weighted by Crippen LogP contribution is 2.33. The summed E-state index contributed by atoms with van der Waals surface area (Å²) in [7, 11) is 0. The minimum absolute atomic E-state index is 0.203. The molecule has 3 aromatic rings. The van der Waals surface area contributed by atoms with E-state index in [4.69, 9.17) is 4.74 Å². The summed E-state index contributed by atoms with van der Waals surface area (Å²) in [5.41, 5.74) is 2.29. The Morgan fingerprint density at radius 1 is 1.41 bits per heavy atom. The number of nitrogens with one attached hydrogen (secondary N) is 1. The van der Waals surface area contributed by atoms with E-state index in [0.717, 1.165) is 22.4 Å². The van der Waals surface area contributed by atoms with E-state index in [1.807, 2.05) is 16.8 Å². The lowest BCUT2D eigenvalue weighted by molar-refractivity contribution is -0.0430. The Kier molecular flexibility index (Phi) is 3.14. The molecule has 0 unspecified atom stereocenters. The number of aromatic amines is 1. The summed E-state index contributed by atoms with van der Waals surface area (Å²) in [4.78, 5) is 15.7. The minimum Gasteiger partial charge on any atom is -0.394 e. The van der Waals surface area contributed by atoms with Gasteiger partial charge in [0.25, 0.3) is 0 Å². The van der Waals surface area contributed by atoms with E-state index in [1.165, 1.54) is 6.33 Å². The monoisotopic (exact) mass is 301 g/mol. The quantitative estimate of drug-likeness (QED) is 0.648. The highest BCUT2D eigenvalue weighted by molar-refractivity contribution is 5.89. The molecule has 4 rings (SSSR count). The Morgan fingerprint density at radius 2 is 2.32 bits per heavy atom. The second kappa shape index (κ2) is 5.16. The second-order valence-corrected chi connectivity index (χ2v) is 5.26. The molecule has 8 heteroatoms. The smallest absolute Gasteiger partial charge is 0.146 e. The summed E-state index contributed by atoms with van der Waals surface area (Å²) in [5.74, 6) is 0. The minimum atomic E-state index is -0.679. The molecule has 1 aliphatic rings. The van der Waals surface area contributed by atoms with Crippen molar-refractivity contribution in [3.8, 4) is 11.4 Å². The first-order valence-corrected chi connectivity index (χ1v) is 7.02. The Morgan fingerprint density at radius 3 is 3.05 bits per heavy atom. The maximum Gasteiger partial charge on any atom is 0.146 e. The first-order valence-electron chi connectivity index (χ1n) is 7.02. The maximum absolute atomic E-state index is 9.89. The highest BCUT2D eigenvalue weighted by Gasteiger charge is 2.35. The predicted octanol–water partition coefficient (Wildman–Crippen LogP) is 0.462. The third-order valence-corrected chi connectivity index (χ3v) is 3.96. The molecule has 3 N–H and O–H groups in total. The third-order valence-electron chi connectivity index (χ3n) is 3.96. The third kappa shape index (κ3) is 2.00. The van der Waals surface area contributed by atoms with Gasteiger partial charge in [0.05, 0.1) is 30.9 Å².